The molecule has 0 unspecified atom stereocenters. The van der Waals surface area contributed by atoms with E-state index in [1.165, 1.54) is 18.2 Å². The lowest BCUT2D eigenvalue weighted by atomic mass is 9.94. The molecule has 2 amide bonds. The maximum atomic E-state index is 13.0. The molecule has 0 fully saturated rings. The van der Waals surface area contributed by atoms with Gasteiger partial charge in [0.1, 0.15) is 11.3 Å². The second-order valence-corrected chi connectivity index (χ2v) is 8.68. The van der Waals surface area contributed by atoms with E-state index in [1.54, 1.807) is 37.3 Å². The first-order valence-corrected chi connectivity index (χ1v) is 11.0. The SMILES string of the molecule is Cc1cc(-n2c(O)c(C=NN3C(=O)c4cccc5cc(O)cc(c45)C3=O)c(=O)[nH]c2=O)ccc1Br. The first-order valence-electron chi connectivity index (χ1n) is 10.2. The largest absolute Gasteiger partial charge is 0.508 e. The number of nitrogens with one attached hydrogen (secondary N) is 1. The van der Waals surface area contributed by atoms with Crippen LogP contribution in [-0.4, -0.2) is 42.8 Å². The van der Waals surface area contributed by atoms with E-state index in [9.17, 15) is 29.4 Å². The number of phenols is 1. The number of aromatic nitrogens is 2. The zero-order valence-corrected chi connectivity index (χ0v) is 19.5. The van der Waals surface area contributed by atoms with Crippen molar-refractivity contribution in [3.63, 3.8) is 0 Å². The lowest BCUT2D eigenvalue weighted by molar-refractivity contribution is 0.0616. The number of rotatable bonds is 3. The number of hydrogen-bond donors (Lipinski definition) is 3. The molecular formula is C24H15BrN4O6. The van der Waals surface area contributed by atoms with E-state index in [4.69, 9.17) is 0 Å². The number of aromatic hydroxyl groups is 2. The molecule has 0 saturated heterocycles. The molecule has 5 rings (SSSR count). The molecule has 3 N–H and O–H groups in total. The summed E-state index contributed by atoms with van der Waals surface area (Å²) in [6, 6.07) is 12.3. The van der Waals surface area contributed by atoms with Crippen LogP contribution in [0, 0.1) is 6.92 Å². The maximum Gasteiger partial charge on any atom is 0.335 e. The minimum atomic E-state index is -0.960. The smallest absolute Gasteiger partial charge is 0.335 e. The number of amides is 2. The molecule has 3 aromatic carbocycles. The number of carbonyl (C=O) groups excluding carboxylic acids is 2. The number of aromatic amines is 1. The van der Waals surface area contributed by atoms with Gasteiger partial charge < -0.3 is 10.2 Å². The normalized spacial score (nSPS) is 13.3. The molecule has 0 atom stereocenters. The molecule has 1 aromatic heterocycles. The molecule has 0 aliphatic carbocycles. The number of H-pyrrole nitrogens is 1. The first-order chi connectivity index (χ1) is 16.7. The summed E-state index contributed by atoms with van der Waals surface area (Å²) in [6.07, 6.45) is 0.833. The summed E-state index contributed by atoms with van der Waals surface area (Å²) in [4.78, 5) is 53.1. The summed E-state index contributed by atoms with van der Waals surface area (Å²) in [6.45, 7) is 1.79. The number of phenolic OH excluding ortho intramolecular Hbond substituents is 1. The lowest BCUT2D eigenvalue weighted by Gasteiger charge is -2.23. The van der Waals surface area contributed by atoms with E-state index in [1.807, 2.05) is 0 Å². The Morgan fingerprint density at radius 2 is 1.71 bits per heavy atom. The van der Waals surface area contributed by atoms with Gasteiger partial charge in [-0.3, -0.25) is 19.4 Å². The van der Waals surface area contributed by atoms with E-state index >= 15 is 0 Å². The number of hydrogen-bond acceptors (Lipinski definition) is 7. The Labute approximate surface area is 204 Å². The molecule has 0 saturated carbocycles. The van der Waals surface area contributed by atoms with Gasteiger partial charge in [0, 0.05) is 9.86 Å². The van der Waals surface area contributed by atoms with Crippen LogP contribution in [0.1, 0.15) is 31.8 Å². The van der Waals surface area contributed by atoms with E-state index < -0.39 is 34.5 Å². The van der Waals surface area contributed by atoms with Crippen LogP contribution in [0.5, 0.6) is 11.6 Å². The van der Waals surface area contributed by atoms with E-state index in [2.05, 4.69) is 26.0 Å². The van der Waals surface area contributed by atoms with Crippen molar-refractivity contribution < 1.29 is 19.8 Å². The highest BCUT2D eigenvalue weighted by Gasteiger charge is 2.33. The number of aryl methyl sites for hydroxylation is 1. The van der Waals surface area contributed by atoms with Crippen LogP contribution in [0.3, 0.4) is 0 Å². The molecule has 35 heavy (non-hydrogen) atoms. The number of carbonyl (C=O) groups is 2. The van der Waals surface area contributed by atoms with Crippen molar-refractivity contribution in [3.05, 3.63) is 96.1 Å². The highest BCUT2D eigenvalue weighted by molar-refractivity contribution is 9.10. The third-order valence-electron chi connectivity index (χ3n) is 5.63. The van der Waals surface area contributed by atoms with Crippen LogP contribution in [0.15, 0.2) is 67.7 Å². The molecule has 4 aromatic rings. The van der Waals surface area contributed by atoms with Crippen LogP contribution in [0.2, 0.25) is 0 Å². The van der Waals surface area contributed by atoms with E-state index in [0.29, 0.717) is 15.8 Å². The lowest BCUT2D eigenvalue weighted by Crippen LogP contribution is -2.37. The van der Waals surface area contributed by atoms with E-state index in [-0.39, 0.29) is 22.6 Å². The Balaban J connectivity index is 1.62. The highest BCUT2D eigenvalue weighted by atomic mass is 79.9. The average molecular weight is 535 g/mol. The van der Waals surface area contributed by atoms with Gasteiger partial charge in [0.2, 0.25) is 5.88 Å². The summed E-state index contributed by atoms with van der Waals surface area (Å²) >= 11 is 3.36. The second-order valence-electron chi connectivity index (χ2n) is 7.83. The molecule has 2 heterocycles. The third-order valence-corrected chi connectivity index (χ3v) is 6.52. The number of benzene rings is 3. The predicted octanol–water partition coefficient (Wildman–Crippen LogP) is 2.79. The van der Waals surface area contributed by atoms with Gasteiger partial charge in [0.05, 0.1) is 23.0 Å². The Morgan fingerprint density at radius 1 is 0.971 bits per heavy atom. The number of hydrazone groups is 1. The van der Waals surface area contributed by atoms with Crippen molar-refractivity contribution in [2.24, 2.45) is 5.10 Å². The predicted molar refractivity (Wildman–Crippen MR) is 130 cm³/mol. The van der Waals surface area contributed by atoms with Crippen molar-refractivity contribution in [1.82, 2.24) is 14.6 Å². The van der Waals surface area contributed by atoms with Crippen molar-refractivity contribution in [3.8, 4) is 17.3 Å². The third kappa shape index (κ3) is 3.53. The molecule has 0 spiro atoms. The fraction of sp³-hybridized carbons (Fsp3) is 0.0417. The zero-order chi connectivity index (χ0) is 25.0. The Kier molecular flexibility index (Phi) is 5.13. The van der Waals surface area contributed by atoms with Crippen LogP contribution >= 0.6 is 15.9 Å². The highest BCUT2D eigenvalue weighted by Crippen LogP contribution is 2.33. The topological polar surface area (TPSA) is 145 Å². The van der Waals surface area contributed by atoms with Crippen LogP contribution in [0.4, 0.5) is 0 Å². The van der Waals surface area contributed by atoms with Crippen molar-refractivity contribution in [2.45, 2.75) is 6.92 Å². The zero-order valence-electron chi connectivity index (χ0n) is 17.9. The molecule has 0 radical (unpaired) electrons. The van der Waals surface area contributed by atoms with Gasteiger partial charge in [-0.25, -0.2) is 9.36 Å². The minimum Gasteiger partial charge on any atom is -0.508 e. The fourth-order valence-electron chi connectivity index (χ4n) is 3.96. The van der Waals surface area contributed by atoms with Gasteiger partial charge in [-0.05, 0) is 54.3 Å². The van der Waals surface area contributed by atoms with Gasteiger partial charge in [-0.2, -0.15) is 10.1 Å². The van der Waals surface area contributed by atoms with Gasteiger partial charge in [-0.1, -0.05) is 28.1 Å². The Hall–Kier alpha value is -4.51. The van der Waals surface area contributed by atoms with Crippen molar-refractivity contribution in [1.29, 1.82) is 0 Å². The fourth-order valence-corrected chi connectivity index (χ4v) is 4.21. The first kappa shape index (κ1) is 22.3. The van der Waals surface area contributed by atoms with E-state index in [0.717, 1.165) is 20.8 Å². The van der Waals surface area contributed by atoms with Crippen LogP contribution in [-0.2, 0) is 0 Å². The Morgan fingerprint density at radius 3 is 2.46 bits per heavy atom. The standard InChI is InChI=1S/C24H15BrN4O6/c1-11-7-13(5-6-18(11)25)28-21(32)17(20(31)27-24(28)35)10-26-29-22(33)15-4-2-3-12-8-14(30)9-16(19(12)15)23(29)34/h2-10,30,32H,1H3,(H,27,31,35). The summed E-state index contributed by atoms with van der Waals surface area (Å²) in [5.41, 5.74) is -0.990. The summed E-state index contributed by atoms with van der Waals surface area (Å²) in [5.74, 6) is -2.45. The molecule has 0 bridgehead atoms. The molecular weight excluding hydrogens is 520 g/mol. The summed E-state index contributed by atoms with van der Waals surface area (Å²) in [7, 11) is 0. The molecule has 1 aliphatic heterocycles. The summed E-state index contributed by atoms with van der Waals surface area (Å²) in [5, 5.41) is 26.1. The maximum absolute atomic E-state index is 13.0. The van der Waals surface area contributed by atoms with Crippen molar-refractivity contribution >= 4 is 44.7 Å². The second kappa shape index (κ2) is 8.06. The van der Waals surface area contributed by atoms with Gasteiger partial charge in [0.15, 0.2) is 0 Å². The molecule has 11 heteroatoms. The molecule has 1 aliphatic rings. The quantitative estimate of drug-likeness (QED) is 0.272. The van der Waals surface area contributed by atoms with Crippen molar-refractivity contribution in [2.75, 3.05) is 0 Å². The number of halogens is 1. The Bertz CT molecular complexity index is 1740. The van der Waals surface area contributed by atoms with Gasteiger partial charge in [0.25, 0.3) is 17.4 Å². The molecule has 174 valence electrons. The van der Waals surface area contributed by atoms with Crippen LogP contribution < -0.4 is 11.2 Å². The number of nitrogens with zero attached hydrogens (tertiary/aromatic N) is 3. The van der Waals surface area contributed by atoms with Gasteiger partial charge in [-0.15, -0.1) is 0 Å². The molecule has 10 nitrogen and oxygen atoms in total. The number of imide groups is 1. The monoisotopic (exact) mass is 534 g/mol. The van der Waals surface area contributed by atoms with Gasteiger partial charge >= 0.3 is 5.69 Å². The minimum absolute atomic E-state index is 0.0563. The average Bonchev–Trinajstić information content (AvgIpc) is 2.80. The summed E-state index contributed by atoms with van der Waals surface area (Å²) < 4.78 is 1.65. The van der Waals surface area contributed by atoms with Crippen LogP contribution in [0.25, 0.3) is 16.5 Å².